The standard InChI is InChI=1S/C9H18N2O6S/c1-11(4-2-8(12)13)18(15,16)10-6-9(14)3-5-17-7-9/h10,14H,2-7H2,1H3,(H,12,13). The van der Waals surface area contributed by atoms with E-state index >= 15 is 0 Å². The van der Waals surface area contributed by atoms with Crippen molar-refractivity contribution in [3.05, 3.63) is 0 Å². The Morgan fingerprint density at radius 3 is 2.72 bits per heavy atom. The molecule has 0 amide bonds. The summed E-state index contributed by atoms with van der Waals surface area (Å²) in [5.41, 5.74) is -1.18. The second-order valence-electron chi connectivity index (χ2n) is 4.32. The van der Waals surface area contributed by atoms with Crippen LogP contribution in [0.3, 0.4) is 0 Å². The molecule has 1 atom stereocenters. The van der Waals surface area contributed by atoms with Crippen LogP contribution in [0.25, 0.3) is 0 Å². The highest BCUT2D eigenvalue weighted by atomic mass is 32.2. The normalized spacial score (nSPS) is 24.6. The summed E-state index contributed by atoms with van der Waals surface area (Å²) in [7, 11) is -2.50. The van der Waals surface area contributed by atoms with E-state index in [0.29, 0.717) is 13.0 Å². The third kappa shape index (κ3) is 4.50. The molecule has 106 valence electrons. The fourth-order valence-corrected chi connectivity index (χ4v) is 2.45. The summed E-state index contributed by atoms with van der Waals surface area (Å²) in [4.78, 5) is 10.4. The lowest BCUT2D eigenvalue weighted by Gasteiger charge is -2.23. The van der Waals surface area contributed by atoms with Crippen LogP contribution in [0.15, 0.2) is 0 Å². The Labute approximate surface area is 106 Å². The lowest BCUT2D eigenvalue weighted by molar-refractivity contribution is -0.137. The number of aliphatic hydroxyl groups is 1. The fraction of sp³-hybridized carbons (Fsp3) is 0.889. The molecule has 0 spiro atoms. The van der Waals surface area contributed by atoms with Gasteiger partial charge in [0.05, 0.1) is 13.0 Å². The molecule has 1 rings (SSSR count). The molecule has 1 fully saturated rings. The van der Waals surface area contributed by atoms with Crippen LogP contribution in [0.1, 0.15) is 12.8 Å². The first-order valence-electron chi connectivity index (χ1n) is 5.48. The number of aliphatic carboxylic acids is 1. The third-order valence-electron chi connectivity index (χ3n) is 2.72. The summed E-state index contributed by atoms with van der Waals surface area (Å²) in [6.45, 7) is 0.216. The second kappa shape index (κ2) is 5.93. The highest BCUT2D eigenvalue weighted by molar-refractivity contribution is 7.87. The van der Waals surface area contributed by atoms with Crippen molar-refractivity contribution in [3.8, 4) is 0 Å². The van der Waals surface area contributed by atoms with Gasteiger partial charge in [-0.25, -0.2) is 0 Å². The van der Waals surface area contributed by atoms with E-state index in [1.165, 1.54) is 7.05 Å². The van der Waals surface area contributed by atoms with Crippen molar-refractivity contribution in [3.63, 3.8) is 0 Å². The third-order valence-corrected chi connectivity index (χ3v) is 4.23. The molecule has 0 saturated carbocycles. The SMILES string of the molecule is CN(CCC(=O)O)S(=O)(=O)NCC1(O)CCOC1. The van der Waals surface area contributed by atoms with Crippen LogP contribution in [-0.2, 0) is 19.7 Å². The molecule has 0 bridgehead atoms. The van der Waals surface area contributed by atoms with Crippen LogP contribution in [0.4, 0.5) is 0 Å². The molecular formula is C9H18N2O6S. The molecule has 0 aliphatic carbocycles. The van der Waals surface area contributed by atoms with Gasteiger partial charge in [0.25, 0.3) is 10.2 Å². The van der Waals surface area contributed by atoms with Gasteiger partial charge in [-0.2, -0.15) is 17.4 Å². The maximum Gasteiger partial charge on any atom is 0.304 e. The molecule has 8 nitrogen and oxygen atoms in total. The van der Waals surface area contributed by atoms with Gasteiger partial charge >= 0.3 is 5.97 Å². The number of nitrogens with zero attached hydrogens (tertiary/aromatic N) is 1. The van der Waals surface area contributed by atoms with Crippen LogP contribution >= 0.6 is 0 Å². The van der Waals surface area contributed by atoms with Gasteiger partial charge in [-0.05, 0) is 0 Å². The Bertz CT molecular complexity index is 390. The van der Waals surface area contributed by atoms with E-state index in [9.17, 15) is 18.3 Å². The zero-order valence-electron chi connectivity index (χ0n) is 10.1. The molecule has 0 aromatic rings. The van der Waals surface area contributed by atoms with E-state index < -0.39 is 21.8 Å². The predicted molar refractivity (Wildman–Crippen MR) is 62.2 cm³/mol. The first-order valence-corrected chi connectivity index (χ1v) is 6.92. The lowest BCUT2D eigenvalue weighted by atomic mass is 10.1. The molecule has 18 heavy (non-hydrogen) atoms. The molecule has 0 aromatic heterocycles. The van der Waals surface area contributed by atoms with E-state index in [0.717, 1.165) is 4.31 Å². The Kier molecular flexibility index (Phi) is 5.05. The Morgan fingerprint density at radius 2 is 2.22 bits per heavy atom. The smallest absolute Gasteiger partial charge is 0.304 e. The molecule has 1 unspecified atom stereocenters. The average molecular weight is 282 g/mol. The van der Waals surface area contributed by atoms with Crippen molar-refractivity contribution < 1.29 is 28.2 Å². The summed E-state index contributed by atoms with van der Waals surface area (Å²) < 4.78 is 31.6. The molecule has 1 aliphatic rings. The minimum absolute atomic E-state index is 0.0916. The number of rotatable bonds is 7. The molecule has 1 saturated heterocycles. The largest absolute Gasteiger partial charge is 0.481 e. The van der Waals surface area contributed by atoms with Crippen molar-refractivity contribution in [2.24, 2.45) is 0 Å². The maximum absolute atomic E-state index is 11.7. The van der Waals surface area contributed by atoms with Gasteiger partial charge in [0.15, 0.2) is 0 Å². The van der Waals surface area contributed by atoms with Crippen molar-refractivity contribution in [1.82, 2.24) is 9.03 Å². The van der Waals surface area contributed by atoms with Crippen LogP contribution in [0.5, 0.6) is 0 Å². The summed E-state index contributed by atoms with van der Waals surface area (Å²) in [6, 6.07) is 0. The number of hydrogen-bond acceptors (Lipinski definition) is 5. The van der Waals surface area contributed by atoms with Gasteiger partial charge < -0.3 is 14.9 Å². The molecule has 0 aromatic carbocycles. The second-order valence-corrected chi connectivity index (χ2v) is 6.18. The first kappa shape index (κ1) is 15.3. The number of nitrogens with one attached hydrogen (secondary N) is 1. The summed E-state index contributed by atoms with van der Waals surface area (Å²) >= 11 is 0. The number of ether oxygens (including phenoxy) is 1. The minimum atomic E-state index is -3.78. The molecule has 9 heteroatoms. The maximum atomic E-state index is 11.7. The monoisotopic (exact) mass is 282 g/mol. The summed E-state index contributed by atoms with van der Waals surface area (Å²) in [5, 5.41) is 18.4. The molecule has 1 aliphatic heterocycles. The average Bonchev–Trinajstić information content (AvgIpc) is 2.71. The molecule has 3 N–H and O–H groups in total. The van der Waals surface area contributed by atoms with Crippen molar-refractivity contribution in [2.75, 3.05) is 33.4 Å². The van der Waals surface area contributed by atoms with Crippen LogP contribution < -0.4 is 4.72 Å². The quantitative estimate of drug-likeness (QED) is 0.517. The lowest BCUT2D eigenvalue weighted by Crippen LogP contribution is -2.47. The molecule has 1 heterocycles. The van der Waals surface area contributed by atoms with Gasteiger partial charge in [-0.3, -0.25) is 4.79 Å². The van der Waals surface area contributed by atoms with Crippen molar-refractivity contribution >= 4 is 16.2 Å². The van der Waals surface area contributed by atoms with E-state index in [4.69, 9.17) is 9.84 Å². The number of carboxylic acids is 1. The zero-order valence-corrected chi connectivity index (χ0v) is 10.9. The Morgan fingerprint density at radius 1 is 1.56 bits per heavy atom. The van der Waals surface area contributed by atoms with Crippen LogP contribution in [0, 0.1) is 0 Å². The van der Waals surface area contributed by atoms with E-state index in [1.807, 2.05) is 0 Å². The first-order chi connectivity index (χ1) is 8.25. The number of hydrogen-bond donors (Lipinski definition) is 3. The van der Waals surface area contributed by atoms with Crippen LogP contribution in [-0.4, -0.2) is 67.9 Å². The molecule has 0 radical (unpaired) electrons. The van der Waals surface area contributed by atoms with Crippen LogP contribution in [0.2, 0.25) is 0 Å². The fourth-order valence-electron chi connectivity index (χ4n) is 1.44. The van der Waals surface area contributed by atoms with Crippen molar-refractivity contribution in [1.29, 1.82) is 0 Å². The number of carboxylic acid groups (broad SMARTS) is 1. The van der Waals surface area contributed by atoms with Crippen molar-refractivity contribution in [2.45, 2.75) is 18.4 Å². The highest BCUT2D eigenvalue weighted by Crippen LogP contribution is 2.17. The van der Waals surface area contributed by atoms with Gasteiger partial charge in [0.2, 0.25) is 0 Å². The minimum Gasteiger partial charge on any atom is -0.481 e. The topological polar surface area (TPSA) is 116 Å². The predicted octanol–water partition coefficient (Wildman–Crippen LogP) is -1.62. The van der Waals surface area contributed by atoms with Gasteiger partial charge in [0, 0.05) is 33.2 Å². The highest BCUT2D eigenvalue weighted by Gasteiger charge is 2.34. The summed E-state index contributed by atoms with van der Waals surface area (Å²) in [6.07, 6.45) is 0.0964. The van der Waals surface area contributed by atoms with E-state index in [2.05, 4.69) is 4.72 Å². The van der Waals surface area contributed by atoms with Gasteiger partial charge in [0.1, 0.15) is 5.60 Å². The van der Waals surface area contributed by atoms with E-state index in [1.54, 1.807) is 0 Å². The van der Waals surface area contributed by atoms with Gasteiger partial charge in [-0.15, -0.1) is 0 Å². The number of carbonyl (C=O) groups is 1. The Balaban J connectivity index is 2.45. The van der Waals surface area contributed by atoms with Gasteiger partial charge in [-0.1, -0.05) is 0 Å². The van der Waals surface area contributed by atoms with E-state index in [-0.39, 0.29) is 26.1 Å². The zero-order chi connectivity index (χ0) is 13.8. The Hall–Kier alpha value is -0.740. The summed E-state index contributed by atoms with van der Waals surface area (Å²) in [5.74, 6) is -1.07. The molecular weight excluding hydrogens is 264 g/mol.